The summed E-state index contributed by atoms with van der Waals surface area (Å²) in [5.74, 6) is 0. The zero-order valence-electron chi connectivity index (χ0n) is 54.4. The summed E-state index contributed by atoms with van der Waals surface area (Å²) >= 11 is 0. The van der Waals surface area contributed by atoms with Crippen LogP contribution in [0.4, 0.5) is 0 Å². The highest BCUT2D eigenvalue weighted by molar-refractivity contribution is 6.27. The summed E-state index contributed by atoms with van der Waals surface area (Å²) in [6.45, 7) is 28.4. The molecule has 0 aromatic heterocycles. The van der Waals surface area contributed by atoms with E-state index in [9.17, 15) is 0 Å². The minimum absolute atomic E-state index is 0.0833. The first-order valence-corrected chi connectivity index (χ1v) is 33.0. The van der Waals surface area contributed by atoms with Gasteiger partial charge < -0.3 is 0 Å². The first kappa shape index (κ1) is 54.3. The van der Waals surface area contributed by atoms with Crippen LogP contribution in [0.25, 0.3) is 154 Å². The molecule has 0 N–H and O–H groups in total. The van der Waals surface area contributed by atoms with E-state index in [1.54, 1.807) is 0 Å². The van der Waals surface area contributed by atoms with E-state index in [0.717, 1.165) is 0 Å². The Labute approximate surface area is 535 Å². The van der Waals surface area contributed by atoms with Gasteiger partial charge in [0.05, 0.1) is 0 Å². The van der Waals surface area contributed by atoms with Gasteiger partial charge in [-0.1, -0.05) is 277 Å². The standard InChI is InChI=1S/C91H74/c1-87(2,3)65-41-61-19-17-53-21-31-67(75-39-29-63(43-65)83(61)85(53)75)52-15-13-51(14-16-52)55-23-33-69-70-34-24-56(46-78(70)89(7,8)77(69)45-55)57-25-35-71-72-36-26-58(48-80(72)90(9,10)79(71)47-57)59-27-37-73-74-38-28-60(50-82(74)91(11,12)81(73)49-59)68-32-22-54-18-20-62-42-66(88(4,5)6)44-64-30-40-76(68)86(54)84(62)64/h13-50H,1-12H3. The van der Waals surface area contributed by atoms with Crippen molar-refractivity contribution in [3.05, 3.63) is 275 Å². The van der Waals surface area contributed by atoms with Crippen LogP contribution in [0.5, 0.6) is 0 Å². The number of hydrogen-bond donors (Lipinski definition) is 0. The summed E-state index contributed by atoms with van der Waals surface area (Å²) in [7, 11) is 0. The average molecular weight is 1170 g/mol. The SMILES string of the molecule is CC(C)(C)c1cc2ccc3ccc(-c4ccc(-c5ccc6c(c5)C(C)(C)c5cc(-c7ccc8c(c7)C(C)(C)c7cc(-c9ccc%10c(c9)C(C)(C)c9cc(-c%11ccc%12ccc%13cc(C(C)(C)C)cc%14ccc%11c%12c%13%14)ccc9-%10)ccc7-8)ccc5-6)cc4)c4ccc(c1)c2c34. The third-order valence-electron chi connectivity index (χ3n) is 22.5. The summed E-state index contributed by atoms with van der Waals surface area (Å²) in [5, 5.41) is 16.0. The van der Waals surface area contributed by atoms with Crippen molar-refractivity contribution >= 4 is 64.6 Å². The number of rotatable bonds is 5. The van der Waals surface area contributed by atoms with Crippen LogP contribution >= 0.6 is 0 Å². The molecule has 0 heterocycles. The first-order valence-electron chi connectivity index (χ1n) is 33.0. The third-order valence-corrected chi connectivity index (χ3v) is 22.5. The lowest BCUT2D eigenvalue weighted by Crippen LogP contribution is -2.16. The van der Waals surface area contributed by atoms with Crippen LogP contribution in [0, 0.1) is 0 Å². The van der Waals surface area contributed by atoms with E-state index < -0.39 is 0 Å². The normalized spacial score (nSPS) is 15.1. The van der Waals surface area contributed by atoms with Gasteiger partial charge in [-0.2, -0.15) is 0 Å². The molecule has 0 nitrogen and oxygen atoms in total. The van der Waals surface area contributed by atoms with Gasteiger partial charge in [0.2, 0.25) is 0 Å². The molecule has 0 spiro atoms. The Balaban J connectivity index is 0.612. The van der Waals surface area contributed by atoms with Crippen LogP contribution in [-0.4, -0.2) is 0 Å². The smallest absolute Gasteiger partial charge is 0.0159 e. The molecule has 15 aromatic rings. The van der Waals surface area contributed by atoms with Crippen molar-refractivity contribution in [3.63, 3.8) is 0 Å². The number of fused-ring (bicyclic) bond motifs is 9. The van der Waals surface area contributed by atoms with E-state index in [4.69, 9.17) is 0 Å². The van der Waals surface area contributed by atoms with Crippen molar-refractivity contribution < 1.29 is 0 Å². The molecule has 0 unspecified atom stereocenters. The fourth-order valence-electron chi connectivity index (χ4n) is 17.1. The Bertz CT molecular complexity index is 5620. The molecule has 91 heavy (non-hydrogen) atoms. The summed E-state index contributed by atoms with van der Waals surface area (Å²) in [5.41, 5.74) is 31.5. The second-order valence-corrected chi connectivity index (χ2v) is 30.9. The van der Waals surface area contributed by atoms with Gasteiger partial charge in [-0.15, -0.1) is 0 Å². The molecule has 438 valence electrons. The minimum Gasteiger partial charge on any atom is -0.0561 e. The maximum Gasteiger partial charge on any atom is 0.0159 e. The summed E-state index contributed by atoms with van der Waals surface area (Å²) in [6.07, 6.45) is 0. The molecule has 3 aliphatic carbocycles. The van der Waals surface area contributed by atoms with E-state index >= 15 is 0 Å². The third kappa shape index (κ3) is 7.75. The molecular weight excluding hydrogens is 1090 g/mol. The molecule has 0 bridgehead atoms. The lowest BCUT2D eigenvalue weighted by Gasteiger charge is -2.24. The van der Waals surface area contributed by atoms with E-state index in [0.29, 0.717) is 0 Å². The fraction of sp³-hybridized carbons (Fsp3) is 0.187. The second-order valence-electron chi connectivity index (χ2n) is 30.9. The van der Waals surface area contributed by atoms with Crippen molar-refractivity contribution in [2.24, 2.45) is 0 Å². The topological polar surface area (TPSA) is 0 Å². The van der Waals surface area contributed by atoms with Crippen molar-refractivity contribution in [2.45, 2.75) is 110 Å². The Morgan fingerprint density at radius 2 is 0.429 bits per heavy atom. The molecular formula is C91H74. The van der Waals surface area contributed by atoms with Crippen LogP contribution in [0.2, 0.25) is 0 Å². The molecule has 3 aliphatic rings. The molecule has 15 aromatic carbocycles. The molecule has 0 atom stereocenters. The highest BCUT2D eigenvalue weighted by Gasteiger charge is 2.40. The van der Waals surface area contributed by atoms with E-state index in [1.165, 1.54) is 198 Å². The van der Waals surface area contributed by atoms with E-state index in [2.05, 4.69) is 314 Å². The van der Waals surface area contributed by atoms with Gasteiger partial charge in [0, 0.05) is 16.2 Å². The van der Waals surface area contributed by atoms with Gasteiger partial charge in [0.1, 0.15) is 0 Å². The Morgan fingerprint density at radius 3 is 0.758 bits per heavy atom. The van der Waals surface area contributed by atoms with Crippen molar-refractivity contribution in [1.29, 1.82) is 0 Å². The van der Waals surface area contributed by atoms with Crippen LogP contribution in [0.15, 0.2) is 231 Å². The predicted molar refractivity (Wildman–Crippen MR) is 391 cm³/mol. The van der Waals surface area contributed by atoms with Crippen LogP contribution in [0.1, 0.15) is 128 Å². The summed E-state index contributed by atoms with van der Waals surface area (Å²) in [4.78, 5) is 0. The quantitative estimate of drug-likeness (QED) is 0.151. The number of benzene rings is 15. The van der Waals surface area contributed by atoms with Crippen molar-refractivity contribution in [1.82, 2.24) is 0 Å². The van der Waals surface area contributed by atoms with Gasteiger partial charge >= 0.3 is 0 Å². The largest absolute Gasteiger partial charge is 0.0561 e. The van der Waals surface area contributed by atoms with Crippen LogP contribution < -0.4 is 0 Å². The molecule has 0 fully saturated rings. The van der Waals surface area contributed by atoms with Crippen molar-refractivity contribution in [2.75, 3.05) is 0 Å². The van der Waals surface area contributed by atoms with Gasteiger partial charge in [0.25, 0.3) is 0 Å². The average Bonchev–Trinajstić information content (AvgIpc) is 1.76. The lowest BCUT2D eigenvalue weighted by atomic mass is 9.79. The van der Waals surface area contributed by atoms with Gasteiger partial charge in [-0.05, 0) is 245 Å². The zero-order chi connectivity index (χ0) is 62.2. The Morgan fingerprint density at radius 1 is 0.198 bits per heavy atom. The van der Waals surface area contributed by atoms with Gasteiger partial charge in [-0.3, -0.25) is 0 Å². The van der Waals surface area contributed by atoms with E-state index in [-0.39, 0.29) is 27.1 Å². The van der Waals surface area contributed by atoms with Crippen LogP contribution in [-0.2, 0) is 27.1 Å². The summed E-state index contributed by atoms with van der Waals surface area (Å²) in [6, 6.07) is 90.3. The molecule has 18 rings (SSSR count). The Kier molecular flexibility index (Phi) is 10.9. The molecule has 0 saturated carbocycles. The van der Waals surface area contributed by atoms with Gasteiger partial charge in [0.15, 0.2) is 0 Å². The van der Waals surface area contributed by atoms with E-state index in [1.807, 2.05) is 0 Å². The zero-order valence-corrected chi connectivity index (χ0v) is 54.4. The lowest BCUT2D eigenvalue weighted by molar-refractivity contribution is 0.591. The monoisotopic (exact) mass is 1170 g/mol. The fourth-order valence-corrected chi connectivity index (χ4v) is 17.1. The highest BCUT2D eigenvalue weighted by atomic mass is 14.4. The predicted octanol–water partition coefficient (Wildman–Crippen LogP) is 25.3. The van der Waals surface area contributed by atoms with Gasteiger partial charge in [-0.25, -0.2) is 0 Å². The minimum atomic E-state index is -0.181. The van der Waals surface area contributed by atoms with Crippen molar-refractivity contribution in [3.8, 4) is 89.0 Å². The maximum absolute atomic E-state index is 2.50. The number of hydrogen-bond acceptors (Lipinski definition) is 0. The summed E-state index contributed by atoms with van der Waals surface area (Å²) < 4.78 is 0. The second kappa shape index (κ2) is 18.3. The van der Waals surface area contributed by atoms with Crippen LogP contribution in [0.3, 0.4) is 0 Å². The molecule has 0 aliphatic heterocycles. The Hall–Kier alpha value is -9.62. The maximum atomic E-state index is 2.50. The molecule has 0 heteroatoms. The molecule has 0 radical (unpaired) electrons. The molecule has 0 saturated heterocycles. The molecule has 0 amide bonds. The first-order chi connectivity index (χ1) is 43.6. The highest BCUT2D eigenvalue weighted by Crippen LogP contribution is 2.56.